The van der Waals surface area contributed by atoms with Gasteiger partial charge in [0.05, 0.1) is 0 Å². The fourth-order valence-corrected chi connectivity index (χ4v) is 4.62. The van der Waals surface area contributed by atoms with Gasteiger partial charge in [-0.3, -0.25) is 19.2 Å². The molecule has 0 radical (unpaired) electrons. The normalized spacial score (nSPS) is 14.0. The van der Waals surface area contributed by atoms with Crippen LogP contribution in [0.4, 0.5) is 11.4 Å². The summed E-state index contributed by atoms with van der Waals surface area (Å²) in [5, 5.41) is 17.0. The lowest BCUT2D eigenvalue weighted by molar-refractivity contribution is -0.131. The fourth-order valence-electron chi connectivity index (χ4n) is 4.62. The molecule has 0 saturated carbocycles. The van der Waals surface area contributed by atoms with E-state index in [0.29, 0.717) is 18.0 Å². The summed E-state index contributed by atoms with van der Waals surface area (Å²) >= 11 is 0. The molecule has 1 aliphatic rings. The fraction of sp³-hybridized carbons (Fsp3) is 0.452. The van der Waals surface area contributed by atoms with Crippen molar-refractivity contribution in [2.45, 2.75) is 65.0 Å². The number of pyridine rings is 1. The van der Waals surface area contributed by atoms with Crippen LogP contribution in [0.1, 0.15) is 62.7 Å². The highest BCUT2D eigenvalue weighted by atomic mass is 16.4. The van der Waals surface area contributed by atoms with E-state index in [1.807, 2.05) is 26.0 Å². The number of hydrogen-bond donors (Lipinski definition) is 4. The summed E-state index contributed by atoms with van der Waals surface area (Å²) in [6.45, 7) is 6.35. The number of anilines is 2. The summed E-state index contributed by atoms with van der Waals surface area (Å²) < 4.78 is 1.20. The van der Waals surface area contributed by atoms with E-state index in [4.69, 9.17) is 5.11 Å². The molecule has 2 aromatic rings. The van der Waals surface area contributed by atoms with Crippen molar-refractivity contribution >= 4 is 35.1 Å². The van der Waals surface area contributed by atoms with Gasteiger partial charge in [-0.2, -0.15) is 0 Å². The molecule has 3 rings (SSSR count). The molecule has 0 bridgehead atoms. The topological polar surface area (TPSA) is 150 Å². The number of rotatable bonds is 14. The Bertz CT molecular complexity index is 1310. The molecule has 226 valence electrons. The molecule has 0 spiro atoms. The molecule has 1 fully saturated rings. The van der Waals surface area contributed by atoms with E-state index in [1.54, 1.807) is 18.2 Å². The van der Waals surface area contributed by atoms with Gasteiger partial charge in [0.1, 0.15) is 18.3 Å². The summed E-state index contributed by atoms with van der Waals surface area (Å²) in [4.78, 5) is 64.8. The van der Waals surface area contributed by atoms with Crippen molar-refractivity contribution in [1.82, 2.24) is 15.2 Å². The lowest BCUT2D eigenvalue weighted by Crippen LogP contribution is -2.44. The van der Waals surface area contributed by atoms with Crippen molar-refractivity contribution in [3.63, 3.8) is 0 Å². The van der Waals surface area contributed by atoms with Gasteiger partial charge in [-0.1, -0.05) is 19.9 Å². The number of hydrogen-bond acceptors (Lipinski definition) is 6. The van der Waals surface area contributed by atoms with E-state index >= 15 is 0 Å². The highest BCUT2D eigenvalue weighted by Gasteiger charge is 2.23. The number of aromatic nitrogens is 1. The van der Waals surface area contributed by atoms with Crippen LogP contribution >= 0.6 is 0 Å². The zero-order valence-corrected chi connectivity index (χ0v) is 24.3. The van der Waals surface area contributed by atoms with Crippen LogP contribution < -0.4 is 26.4 Å². The summed E-state index contributed by atoms with van der Waals surface area (Å²) in [6, 6.07) is 9.11. The number of aliphatic carboxylic acids is 1. The second-order valence-corrected chi connectivity index (χ2v) is 10.8. The lowest BCUT2D eigenvalue weighted by atomic mass is 10.1. The van der Waals surface area contributed by atoms with E-state index in [0.717, 1.165) is 44.1 Å². The van der Waals surface area contributed by atoms with Crippen LogP contribution in [0.3, 0.4) is 0 Å². The lowest BCUT2D eigenvalue weighted by Gasteiger charge is -2.28. The van der Waals surface area contributed by atoms with Crippen LogP contribution in [0.2, 0.25) is 0 Å². The Labute approximate surface area is 246 Å². The third-order valence-corrected chi connectivity index (χ3v) is 6.99. The van der Waals surface area contributed by atoms with Crippen molar-refractivity contribution < 1.29 is 24.3 Å². The minimum absolute atomic E-state index is 0.0382. The average Bonchev–Trinajstić information content (AvgIpc) is 2.96. The zero-order valence-electron chi connectivity index (χ0n) is 24.3. The summed E-state index contributed by atoms with van der Waals surface area (Å²) in [7, 11) is 0. The van der Waals surface area contributed by atoms with Crippen LogP contribution in [-0.2, 0) is 20.9 Å². The van der Waals surface area contributed by atoms with Crippen molar-refractivity contribution in [3.8, 4) is 0 Å². The molecule has 11 heteroatoms. The second-order valence-electron chi connectivity index (χ2n) is 10.8. The molecule has 0 aliphatic carbocycles. The van der Waals surface area contributed by atoms with Gasteiger partial charge >= 0.3 is 5.97 Å². The first-order valence-corrected chi connectivity index (χ1v) is 14.5. The van der Waals surface area contributed by atoms with Gasteiger partial charge in [0, 0.05) is 43.2 Å². The van der Waals surface area contributed by atoms with Gasteiger partial charge in [0.2, 0.25) is 11.8 Å². The summed E-state index contributed by atoms with van der Waals surface area (Å²) in [6.07, 6.45) is 8.43. The number of carboxylic acid groups (broad SMARTS) is 1. The quantitative estimate of drug-likeness (QED) is 0.251. The molecule has 1 aromatic carbocycles. The maximum absolute atomic E-state index is 13.3. The van der Waals surface area contributed by atoms with E-state index in [-0.39, 0.29) is 31.0 Å². The molecule has 1 unspecified atom stereocenters. The second kappa shape index (κ2) is 16.1. The predicted molar refractivity (Wildman–Crippen MR) is 162 cm³/mol. The molecule has 3 amide bonds. The smallest absolute Gasteiger partial charge is 0.327 e. The van der Waals surface area contributed by atoms with Gasteiger partial charge in [0.25, 0.3) is 11.5 Å². The van der Waals surface area contributed by atoms with Crippen LogP contribution in [0.5, 0.6) is 0 Å². The molecule has 2 heterocycles. The number of allylic oxidation sites excluding steroid dienone is 1. The first-order chi connectivity index (χ1) is 20.1. The standard InChI is InChI=1S/C31H41N5O6/c1-22(2)16-17-32-27(37)21-36-20-8-10-26(31(36)42)34-30(41)25(9-4-5-11-28(38)39)33-29(40)23-12-14-24(15-13-23)35-18-6-3-7-19-35/h5,8,10-15,20,22,25H,3-4,6-7,9,16-19,21H2,1-2H3,(H,32,37)(H,33,40)(H,34,41)(H,38,39)/b11-5+. The number of piperidine rings is 1. The van der Waals surface area contributed by atoms with Crippen LogP contribution in [-0.4, -0.2) is 59.0 Å². The summed E-state index contributed by atoms with van der Waals surface area (Å²) in [5.74, 6) is -2.10. The number of carbonyl (C=O) groups is 4. The number of amides is 3. The van der Waals surface area contributed by atoms with Crippen LogP contribution in [0.25, 0.3) is 0 Å². The molecular formula is C31H41N5O6. The third-order valence-electron chi connectivity index (χ3n) is 6.99. The van der Waals surface area contributed by atoms with Gasteiger partial charge in [-0.05, 0) is 80.8 Å². The average molecular weight is 580 g/mol. The van der Waals surface area contributed by atoms with Crippen molar-refractivity contribution in [3.05, 3.63) is 70.7 Å². The molecule has 1 aliphatic heterocycles. The van der Waals surface area contributed by atoms with E-state index in [9.17, 15) is 24.0 Å². The highest BCUT2D eigenvalue weighted by Crippen LogP contribution is 2.20. The van der Waals surface area contributed by atoms with E-state index in [2.05, 4.69) is 20.9 Å². The van der Waals surface area contributed by atoms with Crippen LogP contribution in [0, 0.1) is 5.92 Å². The van der Waals surface area contributed by atoms with Gasteiger partial charge in [0.15, 0.2) is 0 Å². The number of nitrogens with zero attached hydrogens (tertiary/aromatic N) is 2. The summed E-state index contributed by atoms with van der Waals surface area (Å²) in [5.41, 5.74) is 0.811. The van der Waals surface area contributed by atoms with Gasteiger partial charge in [-0.25, -0.2) is 4.79 Å². The van der Waals surface area contributed by atoms with E-state index in [1.165, 1.54) is 29.3 Å². The maximum Gasteiger partial charge on any atom is 0.327 e. The maximum atomic E-state index is 13.3. The monoisotopic (exact) mass is 579 g/mol. The first kappa shape index (κ1) is 32.1. The largest absolute Gasteiger partial charge is 0.478 e. The van der Waals surface area contributed by atoms with Gasteiger partial charge in [-0.15, -0.1) is 0 Å². The molecule has 11 nitrogen and oxygen atoms in total. The Morgan fingerprint density at radius 3 is 2.38 bits per heavy atom. The molecule has 1 atom stereocenters. The molecular weight excluding hydrogens is 538 g/mol. The SMILES string of the molecule is CC(C)CCNC(=O)Cn1cccc(NC(=O)C(CC/C=C/C(=O)O)NC(=O)c2ccc(N3CCCCC3)cc2)c1=O. The highest BCUT2D eigenvalue weighted by molar-refractivity contribution is 6.01. The van der Waals surface area contributed by atoms with E-state index < -0.39 is 29.4 Å². The molecule has 42 heavy (non-hydrogen) atoms. The first-order valence-electron chi connectivity index (χ1n) is 14.5. The minimum atomic E-state index is -1.12. The molecule has 1 aromatic heterocycles. The van der Waals surface area contributed by atoms with Gasteiger partial charge < -0.3 is 30.5 Å². The molecule has 4 N–H and O–H groups in total. The van der Waals surface area contributed by atoms with Crippen molar-refractivity contribution in [2.75, 3.05) is 29.9 Å². The predicted octanol–water partition coefficient (Wildman–Crippen LogP) is 3.16. The Hall–Kier alpha value is -4.41. The Kier molecular flexibility index (Phi) is 12.3. The zero-order chi connectivity index (χ0) is 30.5. The minimum Gasteiger partial charge on any atom is -0.478 e. The third kappa shape index (κ3) is 10.2. The number of nitrogens with one attached hydrogen (secondary N) is 3. The number of carbonyl (C=O) groups excluding carboxylic acids is 3. The molecule has 1 saturated heterocycles. The number of benzene rings is 1. The number of carboxylic acids is 1. The Balaban J connectivity index is 1.69. The van der Waals surface area contributed by atoms with Crippen molar-refractivity contribution in [1.29, 1.82) is 0 Å². The van der Waals surface area contributed by atoms with Crippen molar-refractivity contribution in [2.24, 2.45) is 5.92 Å². The Morgan fingerprint density at radius 1 is 1.00 bits per heavy atom. The van der Waals surface area contributed by atoms with Crippen LogP contribution in [0.15, 0.2) is 59.5 Å². The Morgan fingerprint density at radius 2 is 1.71 bits per heavy atom.